The summed E-state index contributed by atoms with van der Waals surface area (Å²) in [4.78, 5) is 6.82. The van der Waals surface area contributed by atoms with Crippen molar-refractivity contribution in [3.8, 4) is 0 Å². The molecule has 1 atom stereocenters. The molecule has 2 N–H and O–H groups in total. The van der Waals surface area contributed by atoms with Crippen LogP contribution in [-0.4, -0.2) is 27.5 Å². The summed E-state index contributed by atoms with van der Waals surface area (Å²) in [6.07, 6.45) is 4.90. The van der Waals surface area contributed by atoms with E-state index in [0.29, 0.717) is 0 Å². The lowest BCUT2D eigenvalue weighted by Gasteiger charge is -2.28. The number of nitrogens with two attached hydrogens (primary N) is 1. The van der Waals surface area contributed by atoms with Crippen molar-refractivity contribution in [3.63, 3.8) is 0 Å². The molecule has 106 valence electrons. The molecule has 20 heavy (non-hydrogen) atoms. The zero-order valence-corrected chi connectivity index (χ0v) is 13.0. The summed E-state index contributed by atoms with van der Waals surface area (Å²) in [5, 5.41) is 0. The van der Waals surface area contributed by atoms with Gasteiger partial charge >= 0.3 is 0 Å². The molecule has 4 nitrogen and oxygen atoms in total. The Hall–Kier alpha value is -1.17. The van der Waals surface area contributed by atoms with Crippen molar-refractivity contribution in [2.24, 2.45) is 5.73 Å². The van der Waals surface area contributed by atoms with Crippen molar-refractivity contribution >= 4 is 15.9 Å². The van der Waals surface area contributed by atoms with E-state index in [1.807, 2.05) is 24.4 Å². The SMILES string of the molecule is NC(CCN1CCn2ccnc2C1)c1ccccc1Br. The number of rotatable bonds is 4. The number of imidazole rings is 1. The number of benzene rings is 1. The van der Waals surface area contributed by atoms with E-state index in [1.54, 1.807) is 0 Å². The monoisotopic (exact) mass is 334 g/mol. The van der Waals surface area contributed by atoms with Gasteiger partial charge in [-0.1, -0.05) is 34.1 Å². The standard InChI is InChI=1S/C15H19BrN4/c16-13-4-2-1-3-12(13)14(17)5-7-19-9-10-20-8-6-18-15(20)11-19/h1-4,6,8,14H,5,7,9-11,17H2. The molecular formula is C15H19BrN4. The van der Waals surface area contributed by atoms with Gasteiger partial charge in [0.25, 0.3) is 0 Å². The van der Waals surface area contributed by atoms with Crippen LogP contribution in [0.15, 0.2) is 41.1 Å². The second-order valence-corrected chi connectivity index (χ2v) is 6.08. The summed E-state index contributed by atoms with van der Waals surface area (Å²) < 4.78 is 3.33. The summed E-state index contributed by atoms with van der Waals surface area (Å²) in [6, 6.07) is 8.28. The van der Waals surface area contributed by atoms with Crippen LogP contribution in [0.2, 0.25) is 0 Å². The fourth-order valence-electron chi connectivity index (χ4n) is 2.67. The molecule has 3 rings (SSSR count). The van der Waals surface area contributed by atoms with Gasteiger partial charge in [0.15, 0.2) is 0 Å². The summed E-state index contributed by atoms with van der Waals surface area (Å²) >= 11 is 3.57. The molecule has 1 aromatic heterocycles. The molecule has 0 bridgehead atoms. The van der Waals surface area contributed by atoms with Crippen molar-refractivity contribution in [1.29, 1.82) is 0 Å². The summed E-state index contributed by atoms with van der Waals surface area (Å²) in [7, 11) is 0. The highest BCUT2D eigenvalue weighted by molar-refractivity contribution is 9.10. The van der Waals surface area contributed by atoms with Gasteiger partial charge in [-0.25, -0.2) is 4.98 Å². The summed E-state index contributed by atoms with van der Waals surface area (Å²) in [5.41, 5.74) is 7.50. The van der Waals surface area contributed by atoms with Crippen molar-refractivity contribution in [1.82, 2.24) is 14.5 Å². The highest BCUT2D eigenvalue weighted by Gasteiger charge is 2.17. The van der Waals surface area contributed by atoms with Gasteiger partial charge in [0.05, 0.1) is 6.54 Å². The Morgan fingerprint density at radius 2 is 2.15 bits per heavy atom. The molecule has 0 saturated carbocycles. The largest absolute Gasteiger partial charge is 0.333 e. The van der Waals surface area contributed by atoms with Gasteiger partial charge in [0, 0.05) is 42.5 Å². The molecule has 1 unspecified atom stereocenters. The highest BCUT2D eigenvalue weighted by atomic mass is 79.9. The van der Waals surface area contributed by atoms with Crippen LogP contribution in [0.1, 0.15) is 23.9 Å². The Morgan fingerprint density at radius 1 is 1.30 bits per heavy atom. The Labute approximate surface area is 127 Å². The molecular weight excluding hydrogens is 316 g/mol. The Balaban J connectivity index is 1.57. The Bertz CT molecular complexity index is 581. The minimum atomic E-state index is 0.0762. The van der Waals surface area contributed by atoms with Gasteiger partial charge < -0.3 is 10.3 Å². The number of hydrogen-bond donors (Lipinski definition) is 1. The summed E-state index contributed by atoms with van der Waals surface area (Å²) in [6.45, 7) is 4.04. The number of aromatic nitrogens is 2. The fraction of sp³-hybridized carbons (Fsp3) is 0.400. The predicted molar refractivity (Wildman–Crippen MR) is 83.2 cm³/mol. The van der Waals surface area contributed by atoms with Crippen LogP contribution in [-0.2, 0) is 13.1 Å². The molecule has 0 amide bonds. The third-order valence-electron chi connectivity index (χ3n) is 3.88. The highest BCUT2D eigenvalue weighted by Crippen LogP contribution is 2.24. The van der Waals surface area contributed by atoms with Crippen LogP contribution in [0.4, 0.5) is 0 Å². The zero-order valence-electron chi connectivity index (χ0n) is 11.4. The van der Waals surface area contributed by atoms with Gasteiger partial charge in [0.2, 0.25) is 0 Å². The predicted octanol–water partition coefficient (Wildman–Crippen LogP) is 2.55. The first-order valence-electron chi connectivity index (χ1n) is 6.96. The maximum Gasteiger partial charge on any atom is 0.122 e. The lowest BCUT2D eigenvalue weighted by molar-refractivity contribution is 0.210. The number of nitrogens with zero attached hydrogens (tertiary/aromatic N) is 3. The van der Waals surface area contributed by atoms with E-state index < -0.39 is 0 Å². The van der Waals surface area contributed by atoms with Gasteiger partial charge in [-0.05, 0) is 18.1 Å². The Kier molecular flexibility index (Phi) is 4.19. The van der Waals surface area contributed by atoms with Crippen LogP contribution in [0.3, 0.4) is 0 Å². The summed E-state index contributed by atoms with van der Waals surface area (Å²) in [5.74, 6) is 1.16. The maximum absolute atomic E-state index is 6.31. The van der Waals surface area contributed by atoms with Crippen LogP contribution < -0.4 is 5.73 Å². The minimum absolute atomic E-state index is 0.0762. The van der Waals surface area contributed by atoms with Crippen molar-refractivity contribution in [2.45, 2.75) is 25.6 Å². The normalized spacial score (nSPS) is 16.9. The molecule has 1 aliphatic heterocycles. The van der Waals surface area contributed by atoms with Gasteiger partial charge in [0.1, 0.15) is 5.82 Å². The lowest BCUT2D eigenvalue weighted by Crippen LogP contribution is -2.35. The smallest absolute Gasteiger partial charge is 0.122 e. The van der Waals surface area contributed by atoms with E-state index in [2.05, 4.69) is 42.6 Å². The molecule has 0 radical (unpaired) electrons. The van der Waals surface area contributed by atoms with Crippen molar-refractivity contribution < 1.29 is 0 Å². The van der Waals surface area contributed by atoms with E-state index in [-0.39, 0.29) is 6.04 Å². The van der Waals surface area contributed by atoms with Gasteiger partial charge in [-0.3, -0.25) is 4.90 Å². The zero-order chi connectivity index (χ0) is 13.9. The quantitative estimate of drug-likeness (QED) is 0.934. The lowest BCUT2D eigenvalue weighted by atomic mass is 10.0. The van der Waals surface area contributed by atoms with E-state index >= 15 is 0 Å². The molecule has 0 aliphatic carbocycles. The van der Waals surface area contributed by atoms with E-state index in [9.17, 15) is 0 Å². The van der Waals surface area contributed by atoms with E-state index in [1.165, 1.54) is 5.56 Å². The van der Waals surface area contributed by atoms with Crippen molar-refractivity contribution in [3.05, 3.63) is 52.5 Å². The van der Waals surface area contributed by atoms with Gasteiger partial charge in [-0.15, -0.1) is 0 Å². The van der Waals surface area contributed by atoms with Crippen LogP contribution in [0.25, 0.3) is 0 Å². The second-order valence-electron chi connectivity index (χ2n) is 5.23. The first-order chi connectivity index (χ1) is 9.74. The van der Waals surface area contributed by atoms with Gasteiger partial charge in [-0.2, -0.15) is 0 Å². The molecule has 1 aliphatic rings. The van der Waals surface area contributed by atoms with Crippen LogP contribution in [0.5, 0.6) is 0 Å². The first-order valence-corrected chi connectivity index (χ1v) is 7.75. The Morgan fingerprint density at radius 3 is 3.00 bits per heavy atom. The number of halogens is 1. The van der Waals surface area contributed by atoms with Crippen LogP contribution >= 0.6 is 15.9 Å². The first kappa shape index (κ1) is 13.8. The molecule has 2 aromatic rings. The second kappa shape index (κ2) is 6.08. The molecule has 2 heterocycles. The average molecular weight is 335 g/mol. The number of hydrogen-bond acceptors (Lipinski definition) is 3. The number of fused-ring (bicyclic) bond motifs is 1. The molecule has 0 saturated heterocycles. The fourth-order valence-corrected chi connectivity index (χ4v) is 3.25. The molecule has 5 heteroatoms. The molecule has 0 spiro atoms. The van der Waals surface area contributed by atoms with E-state index in [0.717, 1.165) is 42.9 Å². The van der Waals surface area contributed by atoms with Crippen molar-refractivity contribution in [2.75, 3.05) is 13.1 Å². The molecule has 1 aromatic carbocycles. The topological polar surface area (TPSA) is 47.1 Å². The third-order valence-corrected chi connectivity index (χ3v) is 4.61. The maximum atomic E-state index is 6.31. The molecule has 0 fully saturated rings. The van der Waals surface area contributed by atoms with E-state index in [4.69, 9.17) is 5.73 Å². The van der Waals surface area contributed by atoms with Crippen LogP contribution in [0, 0.1) is 0 Å². The average Bonchev–Trinajstić information content (AvgIpc) is 2.92. The third kappa shape index (κ3) is 2.95. The minimum Gasteiger partial charge on any atom is -0.333 e.